The van der Waals surface area contributed by atoms with Crippen LogP contribution in [0.3, 0.4) is 0 Å². The van der Waals surface area contributed by atoms with Crippen LogP contribution in [0.25, 0.3) is 28.1 Å². The van der Waals surface area contributed by atoms with Gasteiger partial charge in [0.2, 0.25) is 10.6 Å². The smallest absolute Gasteiger partial charge is 0.225 e. The first kappa shape index (κ1) is 33.2. The molecule has 0 unspecified atom stereocenters. The van der Waals surface area contributed by atoms with Crippen molar-refractivity contribution in [2.24, 2.45) is 5.92 Å². The van der Waals surface area contributed by atoms with Crippen molar-refractivity contribution in [3.63, 3.8) is 0 Å². The molecule has 12 nitrogen and oxygen atoms in total. The third-order valence-corrected chi connectivity index (χ3v) is 9.36. The molecule has 254 valence electrons. The second kappa shape index (κ2) is 16.0. The summed E-state index contributed by atoms with van der Waals surface area (Å²) in [6.07, 6.45) is 7.27. The molecule has 0 saturated carbocycles. The monoisotopic (exact) mass is 694 g/mol. The third kappa shape index (κ3) is 8.30. The van der Waals surface area contributed by atoms with Crippen LogP contribution in [0.4, 0.5) is 11.6 Å². The van der Waals surface area contributed by atoms with Gasteiger partial charge in [-0.2, -0.15) is 9.97 Å². The number of pyridine rings is 2. The quantitative estimate of drug-likeness (QED) is 0.256. The van der Waals surface area contributed by atoms with Gasteiger partial charge in [-0.1, -0.05) is 5.57 Å². The Bertz CT molecular complexity index is 1740. The maximum atomic E-state index is 6.12. The second-order valence-corrected chi connectivity index (χ2v) is 13.0. The fraction of sp³-hybridized carbons (Fsp3) is 0.529. The molecule has 0 spiro atoms. The normalized spacial score (nSPS) is 19.3. The van der Waals surface area contributed by atoms with E-state index in [4.69, 9.17) is 52.1 Å². The van der Waals surface area contributed by atoms with E-state index in [1.807, 2.05) is 18.2 Å². The molecule has 0 atom stereocenters. The molecule has 0 N–H and O–H groups in total. The van der Waals surface area contributed by atoms with Crippen molar-refractivity contribution in [3.05, 3.63) is 51.8 Å². The zero-order valence-corrected chi connectivity index (χ0v) is 28.5. The number of anilines is 2. The highest BCUT2D eigenvalue weighted by molar-refractivity contribution is 6.29. The van der Waals surface area contributed by atoms with Gasteiger partial charge in [0.05, 0.1) is 56.4 Å². The van der Waals surface area contributed by atoms with Gasteiger partial charge in [-0.05, 0) is 91.6 Å². The van der Waals surface area contributed by atoms with Crippen molar-refractivity contribution in [1.82, 2.24) is 29.9 Å². The molecular weight excluding hydrogens is 655 g/mol. The molecule has 0 aromatic carbocycles. The first-order valence-electron chi connectivity index (χ1n) is 16.8. The molecule has 4 aliphatic heterocycles. The number of nitrogens with zero attached hydrogens (tertiary/aromatic N) is 8. The van der Waals surface area contributed by atoms with Crippen molar-refractivity contribution in [2.45, 2.75) is 32.1 Å². The number of ether oxygens (including phenoxy) is 4. The summed E-state index contributed by atoms with van der Waals surface area (Å²) >= 11 is 12.2. The largest absolute Gasteiger partial charge is 0.381 e. The van der Waals surface area contributed by atoms with Crippen molar-refractivity contribution < 1.29 is 18.9 Å². The van der Waals surface area contributed by atoms with E-state index >= 15 is 0 Å². The van der Waals surface area contributed by atoms with E-state index in [9.17, 15) is 0 Å². The van der Waals surface area contributed by atoms with Gasteiger partial charge in [-0.25, -0.2) is 19.9 Å². The average molecular weight is 696 g/mol. The molecule has 0 amide bonds. The third-order valence-electron chi connectivity index (χ3n) is 9.02. The van der Waals surface area contributed by atoms with Gasteiger partial charge in [0.25, 0.3) is 0 Å². The summed E-state index contributed by atoms with van der Waals surface area (Å²) in [6.45, 7) is 9.23. The minimum Gasteiger partial charge on any atom is -0.381 e. The molecule has 48 heavy (non-hydrogen) atoms. The Morgan fingerprint density at radius 1 is 0.604 bits per heavy atom. The van der Waals surface area contributed by atoms with Crippen LogP contribution in [0.1, 0.15) is 37.1 Å². The highest BCUT2D eigenvalue weighted by Crippen LogP contribution is 2.28. The first-order valence-corrected chi connectivity index (χ1v) is 17.5. The van der Waals surface area contributed by atoms with Gasteiger partial charge in [0.15, 0.2) is 11.6 Å². The SMILES string of the molecule is Clc1nc(N2CCOCC2)c2nc(C=C3CCOCC3)ccc2n1.Clc1nc(N2CCOCC2)c2nc(CC3CCOCC3)ccc2n1. The van der Waals surface area contributed by atoms with Crippen LogP contribution in [0.2, 0.25) is 10.6 Å². The average Bonchev–Trinajstić information content (AvgIpc) is 3.13. The van der Waals surface area contributed by atoms with E-state index in [2.05, 4.69) is 41.9 Å². The first-order chi connectivity index (χ1) is 23.6. The van der Waals surface area contributed by atoms with Crippen LogP contribution < -0.4 is 9.80 Å². The highest BCUT2D eigenvalue weighted by atomic mass is 35.5. The van der Waals surface area contributed by atoms with Gasteiger partial charge < -0.3 is 28.7 Å². The number of morpholine rings is 2. The zero-order chi connectivity index (χ0) is 32.7. The Balaban J connectivity index is 0.000000152. The molecule has 4 aromatic heterocycles. The van der Waals surface area contributed by atoms with E-state index in [0.29, 0.717) is 32.3 Å². The maximum Gasteiger partial charge on any atom is 0.225 e. The summed E-state index contributed by atoms with van der Waals surface area (Å²) in [5.41, 5.74) is 6.59. The second-order valence-electron chi connectivity index (χ2n) is 12.3. The maximum absolute atomic E-state index is 6.12. The van der Waals surface area contributed by atoms with Crippen LogP contribution in [-0.2, 0) is 25.4 Å². The van der Waals surface area contributed by atoms with Crippen LogP contribution in [-0.4, -0.2) is 109 Å². The molecule has 8 rings (SSSR count). The van der Waals surface area contributed by atoms with Crippen LogP contribution in [0.5, 0.6) is 0 Å². The number of hydrogen-bond donors (Lipinski definition) is 0. The molecule has 4 saturated heterocycles. The fourth-order valence-corrected chi connectivity index (χ4v) is 6.76. The number of fused-ring (bicyclic) bond motifs is 2. The topological polar surface area (TPSA) is 121 Å². The molecular formula is C34H40Cl2N8O4. The standard InChI is InChI=1S/C17H21ClN4O2.C17H19ClN4O2/c2*18-17-20-14-2-1-13(11-12-3-7-23-8-4-12)19-15(14)16(21-17)22-5-9-24-10-6-22/h1-2,12H,3-11H2;1-2,11H,3-10H2. The summed E-state index contributed by atoms with van der Waals surface area (Å²) in [5, 5.41) is 0.518. The Labute approximate surface area is 289 Å². The zero-order valence-electron chi connectivity index (χ0n) is 27.0. The Morgan fingerprint density at radius 2 is 1.12 bits per heavy atom. The Morgan fingerprint density at radius 3 is 1.73 bits per heavy atom. The molecule has 0 aliphatic carbocycles. The molecule has 0 radical (unpaired) electrons. The lowest BCUT2D eigenvalue weighted by molar-refractivity contribution is 0.0663. The van der Waals surface area contributed by atoms with E-state index in [-0.39, 0.29) is 10.6 Å². The number of rotatable bonds is 5. The Kier molecular flexibility index (Phi) is 11.1. The summed E-state index contributed by atoms with van der Waals surface area (Å²) in [4.78, 5) is 31.6. The van der Waals surface area contributed by atoms with E-state index < -0.39 is 0 Å². The summed E-state index contributed by atoms with van der Waals surface area (Å²) in [6, 6.07) is 8.02. The Hall–Kier alpha value is -3.26. The van der Waals surface area contributed by atoms with Crippen molar-refractivity contribution in [3.8, 4) is 0 Å². The molecule has 4 fully saturated rings. The van der Waals surface area contributed by atoms with Crippen molar-refractivity contribution >= 4 is 63.0 Å². The lowest BCUT2D eigenvalue weighted by Gasteiger charge is -2.28. The van der Waals surface area contributed by atoms with Crippen LogP contribution in [0.15, 0.2) is 29.8 Å². The number of hydrogen-bond acceptors (Lipinski definition) is 12. The van der Waals surface area contributed by atoms with E-state index in [0.717, 1.165) is 130 Å². The summed E-state index contributed by atoms with van der Waals surface area (Å²) in [5.74, 6) is 2.26. The summed E-state index contributed by atoms with van der Waals surface area (Å²) in [7, 11) is 0. The van der Waals surface area contributed by atoms with Gasteiger partial charge in [0.1, 0.15) is 11.0 Å². The minimum atomic E-state index is 0.251. The molecule has 4 aromatic rings. The van der Waals surface area contributed by atoms with Crippen LogP contribution in [0, 0.1) is 5.92 Å². The van der Waals surface area contributed by atoms with Gasteiger partial charge in [0, 0.05) is 45.1 Å². The molecule has 8 heterocycles. The fourth-order valence-electron chi connectivity index (χ4n) is 6.42. The predicted octanol–water partition coefficient (Wildman–Crippen LogP) is 5.19. The summed E-state index contributed by atoms with van der Waals surface area (Å²) < 4.78 is 21.7. The predicted molar refractivity (Wildman–Crippen MR) is 186 cm³/mol. The van der Waals surface area contributed by atoms with E-state index in [1.165, 1.54) is 5.57 Å². The van der Waals surface area contributed by atoms with Crippen molar-refractivity contribution in [1.29, 1.82) is 0 Å². The lowest BCUT2D eigenvalue weighted by atomic mass is 9.94. The van der Waals surface area contributed by atoms with E-state index in [1.54, 1.807) is 0 Å². The van der Waals surface area contributed by atoms with Crippen LogP contribution >= 0.6 is 23.2 Å². The number of halogens is 2. The van der Waals surface area contributed by atoms with Gasteiger partial charge in [-0.15, -0.1) is 0 Å². The molecule has 0 bridgehead atoms. The lowest BCUT2D eigenvalue weighted by Crippen LogP contribution is -2.37. The van der Waals surface area contributed by atoms with Crippen molar-refractivity contribution in [2.75, 3.05) is 88.8 Å². The number of aromatic nitrogens is 6. The molecule has 14 heteroatoms. The highest BCUT2D eigenvalue weighted by Gasteiger charge is 2.21. The van der Waals surface area contributed by atoms with Gasteiger partial charge >= 0.3 is 0 Å². The van der Waals surface area contributed by atoms with Gasteiger partial charge in [-0.3, -0.25) is 0 Å². The minimum absolute atomic E-state index is 0.251. The molecule has 4 aliphatic rings.